The number of carbonyl (C=O) groups is 1. The van der Waals surface area contributed by atoms with Crippen molar-refractivity contribution in [1.82, 2.24) is 19.4 Å². The van der Waals surface area contributed by atoms with E-state index < -0.39 is 6.04 Å². The molecule has 0 aliphatic heterocycles. The van der Waals surface area contributed by atoms with Crippen molar-refractivity contribution in [3.05, 3.63) is 57.3 Å². The lowest BCUT2D eigenvalue weighted by atomic mass is 10.2. The lowest BCUT2D eigenvalue weighted by molar-refractivity contribution is -0.120. The van der Waals surface area contributed by atoms with Crippen LogP contribution in [-0.4, -0.2) is 25.3 Å². The Morgan fingerprint density at radius 2 is 2.13 bits per heavy atom. The predicted molar refractivity (Wildman–Crippen MR) is 89.4 cm³/mol. The number of rotatable bonds is 3. The van der Waals surface area contributed by atoms with Crippen LogP contribution in [0, 0.1) is 11.7 Å². The molecule has 0 fully saturated rings. The number of aromatic nitrogens is 4. The van der Waals surface area contributed by atoms with E-state index in [0.717, 1.165) is 10.2 Å². The molecule has 0 saturated carbocycles. The first-order valence-corrected chi connectivity index (χ1v) is 7.44. The molecule has 8 heteroatoms. The largest absolute Gasteiger partial charge is 0.330 e. The first kappa shape index (κ1) is 15.2. The van der Waals surface area contributed by atoms with Crippen LogP contribution < -0.4 is 11.0 Å². The van der Waals surface area contributed by atoms with Gasteiger partial charge in [-0.25, -0.2) is 0 Å². The fraction of sp³-hybridized carbons (Fsp3) is 0.200. The van der Waals surface area contributed by atoms with E-state index in [2.05, 4.69) is 15.5 Å². The zero-order chi connectivity index (χ0) is 16.6. The van der Waals surface area contributed by atoms with Gasteiger partial charge in [0.1, 0.15) is 6.04 Å². The van der Waals surface area contributed by atoms with E-state index in [4.69, 9.17) is 12.2 Å². The van der Waals surface area contributed by atoms with Gasteiger partial charge in [0.15, 0.2) is 4.77 Å². The van der Waals surface area contributed by atoms with Gasteiger partial charge in [-0.15, -0.1) is 0 Å². The minimum absolute atomic E-state index is 0.130. The molecule has 0 bridgehead atoms. The number of aryl methyl sites for hydroxylation is 1. The normalized spacial score (nSPS) is 12.3. The number of hydrogen-bond donors (Lipinski definition) is 2. The van der Waals surface area contributed by atoms with Crippen molar-refractivity contribution in [3.63, 3.8) is 0 Å². The van der Waals surface area contributed by atoms with Crippen molar-refractivity contribution in [1.29, 1.82) is 0 Å². The Hall–Kier alpha value is -2.74. The Morgan fingerprint density at radius 3 is 2.83 bits per heavy atom. The quantitative estimate of drug-likeness (QED) is 0.719. The number of nitrogens with zero attached hydrogens (tertiary/aromatic N) is 3. The van der Waals surface area contributed by atoms with Crippen molar-refractivity contribution in [2.75, 3.05) is 5.43 Å². The van der Waals surface area contributed by atoms with Crippen LogP contribution in [0.2, 0.25) is 0 Å². The Kier molecular flexibility index (Phi) is 3.83. The minimum Gasteiger partial charge on any atom is -0.330 e. The molecule has 1 amide bonds. The number of benzene rings is 1. The molecule has 3 rings (SSSR count). The highest BCUT2D eigenvalue weighted by Gasteiger charge is 2.17. The molecule has 0 radical (unpaired) electrons. The van der Waals surface area contributed by atoms with Crippen molar-refractivity contribution in [3.8, 4) is 0 Å². The molecule has 23 heavy (non-hydrogen) atoms. The van der Waals surface area contributed by atoms with E-state index in [1.165, 1.54) is 4.68 Å². The Balaban J connectivity index is 1.97. The minimum atomic E-state index is -0.573. The number of amides is 1. The molecule has 2 N–H and O–H groups in total. The molecule has 118 valence electrons. The molecule has 0 saturated heterocycles. The summed E-state index contributed by atoms with van der Waals surface area (Å²) in [5, 5.41) is 4.56. The number of para-hydroxylation sites is 1. The Morgan fingerprint density at radius 1 is 1.39 bits per heavy atom. The third-order valence-corrected chi connectivity index (χ3v) is 3.82. The zero-order valence-corrected chi connectivity index (χ0v) is 13.4. The summed E-state index contributed by atoms with van der Waals surface area (Å²) in [6.07, 6.45) is 3.42. The average molecular weight is 329 g/mol. The number of nitrogens with one attached hydrogen (secondary N) is 2. The van der Waals surface area contributed by atoms with Crippen LogP contribution in [0.15, 0.2) is 41.5 Å². The van der Waals surface area contributed by atoms with Crippen molar-refractivity contribution < 1.29 is 4.79 Å². The first-order valence-electron chi connectivity index (χ1n) is 7.03. The van der Waals surface area contributed by atoms with Gasteiger partial charge >= 0.3 is 0 Å². The van der Waals surface area contributed by atoms with Gasteiger partial charge in [0.25, 0.3) is 11.5 Å². The lowest BCUT2D eigenvalue weighted by Crippen LogP contribution is -2.37. The Labute approximate surface area is 136 Å². The average Bonchev–Trinajstić information content (AvgIpc) is 2.97. The predicted octanol–water partition coefficient (Wildman–Crippen LogP) is 1.90. The zero-order valence-electron chi connectivity index (χ0n) is 12.6. The number of H-pyrrole nitrogens is 1. The second-order valence-corrected chi connectivity index (χ2v) is 5.65. The summed E-state index contributed by atoms with van der Waals surface area (Å²) in [4.78, 5) is 27.8. The molecular formula is C15H15N5O2S. The van der Waals surface area contributed by atoms with Crippen LogP contribution in [0.25, 0.3) is 10.9 Å². The lowest BCUT2D eigenvalue weighted by Gasteiger charge is -2.14. The highest BCUT2D eigenvalue weighted by molar-refractivity contribution is 7.71. The molecule has 0 aliphatic rings. The molecule has 3 aromatic rings. The number of carbonyl (C=O) groups excluding carboxylic acids is 1. The maximum atomic E-state index is 12.5. The number of hydrogen-bond acceptors (Lipinski definition) is 4. The number of fused-ring (bicyclic) bond motifs is 1. The van der Waals surface area contributed by atoms with Gasteiger partial charge in [0.05, 0.1) is 17.1 Å². The molecule has 2 heterocycles. The molecule has 1 aromatic carbocycles. The van der Waals surface area contributed by atoms with Gasteiger partial charge in [-0.2, -0.15) is 9.77 Å². The van der Waals surface area contributed by atoms with Crippen LogP contribution in [0.1, 0.15) is 18.5 Å². The summed E-state index contributed by atoms with van der Waals surface area (Å²) in [5.41, 5.74) is 3.75. The van der Waals surface area contributed by atoms with Gasteiger partial charge in [-0.3, -0.25) is 19.7 Å². The second kappa shape index (κ2) is 5.81. The summed E-state index contributed by atoms with van der Waals surface area (Å²) in [7, 11) is 0. The summed E-state index contributed by atoms with van der Waals surface area (Å²) in [6, 6.07) is 6.41. The summed E-state index contributed by atoms with van der Waals surface area (Å²) in [5.74, 6) is -0.384. The number of aromatic amines is 1. The van der Waals surface area contributed by atoms with E-state index in [-0.39, 0.29) is 16.2 Å². The summed E-state index contributed by atoms with van der Waals surface area (Å²) >= 11 is 5.16. The molecule has 0 spiro atoms. The van der Waals surface area contributed by atoms with Crippen molar-refractivity contribution in [2.45, 2.75) is 19.9 Å². The van der Waals surface area contributed by atoms with Crippen LogP contribution in [0.5, 0.6) is 0 Å². The molecule has 7 nitrogen and oxygen atoms in total. The van der Waals surface area contributed by atoms with E-state index in [1.54, 1.807) is 43.6 Å². The molecule has 1 atom stereocenters. The van der Waals surface area contributed by atoms with Gasteiger partial charge in [0, 0.05) is 6.20 Å². The van der Waals surface area contributed by atoms with Crippen molar-refractivity contribution in [2.24, 2.45) is 0 Å². The van der Waals surface area contributed by atoms with Gasteiger partial charge < -0.3 is 4.98 Å². The Bertz CT molecular complexity index is 1000. The fourth-order valence-corrected chi connectivity index (χ4v) is 2.47. The maximum Gasteiger partial charge on any atom is 0.281 e. The third-order valence-electron chi connectivity index (χ3n) is 3.53. The van der Waals surface area contributed by atoms with Crippen LogP contribution >= 0.6 is 12.2 Å². The van der Waals surface area contributed by atoms with Gasteiger partial charge in [-0.05, 0) is 43.8 Å². The van der Waals surface area contributed by atoms with E-state index >= 15 is 0 Å². The van der Waals surface area contributed by atoms with E-state index in [9.17, 15) is 9.59 Å². The second-order valence-electron chi connectivity index (χ2n) is 5.27. The van der Waals surface area contributed by atoms with E-state index in [1.807, 2.05) is 6.92 Å². The van der Waals surface area contributed by atoms with Crippen LogP contribution in [0.3, 0.4) is 0 Å². The van der Waals surface area contributed by atoms with Crippen LogP contribution in [0.4, 0.5) is 0 Å². The molecule has 0 aliphatic carbocycles. The van der Waals surface area contributed by atoms with Crippen molar-refractivity contribution >= 4 is 29.0 Å². The summed E-state index contributed by atoms with van der Waals surface area (Å²) in [6.45, 7) is 3.58. The van der Waals surface area contributed by atoms with Gasteiger partial charge in [0.2, 0.25) is 0 Å². The fourth-order valence-electron chi connectivity index (χ4n) is 2.23. The highest BCUT2D eigenvalue weighted by Crippen LogP contribution is 2.08. The third kappa shape index (κ3) is 2.80. The summed E-state index contributed by atoms with van der Waals surface area (Å²) < 4.78 is 2.71. The molecule has 0 unspecified atom stereocenters. The van der Waals surface area contributed by atoms with Crippen LogP contribution in [-0.2, 0) is 4.79 Å². The first-order chi connectivity index (χ1) is 11.0. The maximum absolute atomic E-state index is 12.5. The smallest absolute Gasteiger partial charge is 0.281 e. The standard InChI is InChI=1S/C15H15N5O2S/c1-9-7-16-19(8-9)10(2)13(21)18-20-14(22)11-5-3-4-6-12(11)17-15(20)23/h3-8,10H,1-2H3,(H,17,23)(H,18,21)/t10-/m1/s1. The van der Waals surface area contributed by atoms with Gasteiger partial charge in [-0.1, -0.05) is 12.1 Å². The van der Waals surface area contributed by atoms with E-state index in [0.29, 0.717) is 10.9 Å². The monoisotopic (exact) mass is 329 g/mol. The topological polar surface area (TPSA) is 84.7 Å². The highest BCUT2D eigenvalue weighted by atomic mass is 32.1. The SMILES string of the molecule is Cc1cnn([C@H](C)C(=O)Nn2c(=S)[nH]c3ccccc3c2=O)c1. The molecular weight excluding hydrogens is 314 g/mol. The molecule has 2 aromatic heterocycles.